The fraction of sp³-hybridized carbons (Fsp3) is 0.588. The number of hydrogen-bond donors (Lipinski definition) is 2. The van der Waals surface area contributed by atoms with Crippen molar-refractivity contribution in [1.29, 1.82) is 0 Å². The summed E-state index contributed by atoms with van der Waals surface area (Å²) in [6, 6.07) is 10.2. The molecule has 0 spiro atoms. The van der Waals surface area contributed by atoms with Crippen LogP contribution in [0, 0.1) is 5.92 Å². The van der Waals surface area contributed by atoms with Gasteiger partial charge in [-0.25, -0.2) is 18.1 Å². The molecule has 0 saturated carbocycles. The fourth-order valence-corrected chi connectivity index (χ4v) is 5.44. The standard InChI is InChI=1S/C17H25N3O4S/c1-2-24-17(21)15-12-18-19-16(15)25(22,23)20-10-8-14(9-11-20)13-6-4-3-5-7-13/h3-7,14-16,18-19H,2,8-12H2,1H3. The zero-order valence-electron chi connectivity index (χ0n) is 14.3. The highest BCUT2D eigenvalue weighted by molar-refractivity contribution is 7.89. The minimum Gasteiger partial charge on any atom is -0.466 e. The van der Waals surface area contributed by atoms with Gasteiger partial charge in [-0.1, -0.05) is 30.3 Å². The molecule has 0 aliphatic carbocycles. The zero-order valence-corrected chi connectivity index (χ0v) is 15.2. The molecule has 138 valence electrons. The van der Waals surface area contributed by atoms with Crippen LogP contribution >= 0.6 is 0 Å². The van der Waals surface area contributed by atoms with Crippen LogP contribution in [0.3, 0.4) is 0 Å². The van der Waals surface area contributed by atoms with Gasteiger partial charge in [0.2, 0.25) is 10.0 Å². The van der Waals surface area contributed by atoms with Gasteiger partial charge in [0.25, 0.3) is 0 Å². The van der Waals surface area contributed by atoms with Gasteiger partial charge in [-0.3, -0.25) is 10.2 Å². The number of ether oxygens (including phenoxy) is 1. The Balaban J connectivity index is 1.66. The quantitative estimate of drug-likeness (QED) is 0.749. The van der Waals surface area contributed by atoms with Crippen molar-refractivity contribution in [2.24, 2.45) is 5.92 Å². The van der Waals surface area contributed by atoms with Crippen LogP contribution in [0.4, 0.5) is 0 Å². The van der Waals surface area contributed by atoms with E-state index in [1.807, 2.05) is 18.2 Å². The Bertz CT molecular complexity index is 687. The molecule has 2 unspecified atom stereocenters. The molecule has 7 nitrogen and oxygen atoms in total. The summed E-state index contributed by atoms with van der Waals surface area (Å²) < 4.78 is 32.4. The first kappa shape index (κ1) is 18.3. The Kier molecular flexibility index (Phi) is 5.73. The minimum absolute atomic E-state index is 0.241. The number of sulfonamides is 1. The van der Waals surface area contributed by atoms with Gasteiger partial charge in [0, 0.05) is 19.6 Å². The molecule has 0 aromatic heterocycles. The highest BCUT2D eigenvalue weighted by Crippen LogP contribution is 2.30. The molecule has 8 heteroatoms. The van der Waals surface area contributed by atoms with E-state index in [4.69, 9.17) is 4.74 Å². The Hall–Kier alpha value is -1.48. The van der Waals surface area contributed by atoms with Crippen LogP contribution in [-0.4, -0.2) is 50.3 Å². The average Bonchev–Trinajstić information content (AvgIpc) is 3.14. The van der Waals surface area contributed by atoms with Gasteiger partial charge in [0.05, 0.1) is 6.61 Å². The molecule has 2 fully saturated rings. The lowest BCUT2D eigenvalue weighted by atomic mass is 9.90. The predicted octanol–water partition coefficient (Wildman–Crippen LogP) is 0.809. The number of nitrogens with one attached hydrogen (secondary N) is 2. The van der Waals surface area contributed by atoms with Gasteiger partial charge in [0.15, 0.2) is 5.37 Å². The number of piperidine rings is 1. The molecule has 2 N–H and O–H groups in total. The molecular weight excluding hydrogens is 342 g/mol. The molecule has 1 aromatic rings. The predicted molar refractivity (Wildman–Crippen MR) is 94.0 cm³/mol. The summed E-state index contributed by atoms with van der Waals surface area (Å²) in [5.41, 5.74) is 6.79. The van der Waals surface area contributed by atoms with Crippen LogP contribution < -0.4 is 10.9 Å². The van der Waals surface area contributed by atoms with Crippen LogP contribution in [0.25, 0.3) is 0 Å². The van der Waals surface area contributed by atoms with Crippen LogP contribution in [0.1, 0.15) is 31.2 Å². The van der Waals surface area contributed by atoms with Crippen molar-refractivity contribution in [3.05, 3.63) is 35.9 Å². The smallest absolute Gasteiger partial charge is 0.313 e. The van der Waals surface area contributed by atoms with Gasteiger partial charge in [-0.15, -0.1) is 0 Å². The number of hydrogen-bond acceptors (Lipinski definition) is 6. The number of carbonyl (C=O) groups excluding carboxylic acids is 1. The van der Waals surface area contributed by atoms with E-state index in [0.29, 0.717) is 19.0 Å². The first-order valence-corrected chi connectivity index (χ1v) is 10.2. The Morgan fingerprint density at radius 1 is 1.24 bits per heavy atom. The maximum atomic E-state index is 13.0. The number of rotatable bonds is 5. The third-order valence-electron chi connectivity index (χ3n) is 4.93. The molecular formula is C17H25N3O4S. The summed E-state index contributed by atoms with van der Waals surface area (Å²) in [7, 11) is -3.62. The SMILES string of the molecule is CCOC(=O)C1CNNC1S(=O)(=O)N1CCC(c2ccccc2)CC1. The minimum atomic E-state index is -3.62. The van der Waals surface area contributed by atoms with Crippen LogP contribution in [-0.2, 0) is 19.6 Å². The molecule has 0 bridgehead atoms. The molecule has 2 aliphatic rings. The summed E-state index contributed by atoms with van der Waals surface area (Å²) in [5, 5.41) is -0.972. The lowest BCUT2D eigenvalue weighted by molar-refractivity contribution is -0.147. The molecule has 2 heterocycles. The molecule has 0 radical (unpaired) electrons. The van der Waals surface area contributed by atoms with E-state index in [1.165, 1.54) is 9.87 Å². The summed E-state index contributed by atoms with van der Waals surface area (Å²) in [4.78, 5) is 12.0. The lowest BCUT2D eigenvalue weighted by Crippen LogP contribution is -2.50. The Morgan fingerprint density at radius 2 is 1.92 bits per heavy atom. The van der Waals surface area contributed by atoms with E-state index in [2.05, 4.69) is 23.0 Å². The van der Waals surface area contributed by atoms with E-state index in [9.17, 15) is 13.2 Å². The molecule has 0 amide bonds. The normalized spacial score (nSPS) is 25.8. The Labute approximate surface area is 148 Å². The second-order valence-corrected chi connectivity index (χ2v) is 8.49. The van der Waals surface area contributed by atoms with Crippen molar-refractivity contribution < 1.29 is 17.9 Å². The fourth-order valence-electron chi connectivity index (χ4n) is 3.54. The topological polar surface area (TPSA) is 87.7 Å². The molecule has 2 atom stereocenters. The third-order valence-corrected chi connectivity index (χ3v) is 7.10. The van der Waals surface area contributed by atoms with Gasteiger partial charge >= 0.3 is 5.97 Å². The van der Waals surface area contributed by atoms with E-state index < -0.39 is 27.3 Å². The maximum absolute atomic E-state index is 13.0. The van der Waals surface area contributed by atoms with Crippen molar-refractivity contribution in [2.45, 2.75) is 31.1 Å². The van der Waals surface area contributed by atoms with Crippen molar-refractivity contribution in [3.8, 4) is 0 Å². The number of carbonyl (C=O) groups is 1. The Morgan fingerprint density at radius 3 is 2.56 bits per heavy atom. The van der Waals surface area contributed by atoms with Crippen LogP contribution in [0.15, 0.2) is 30.3 Å². The highest BCUT2D eigenvalue weighted by Gasteiger charge is 2.45. The summed E-state index contributed by atoms with van der Waals surface area (Å²) >= 11 is 0. The third kappa shape index (κ3) is 3.87. The van der Waals surface area contributed by atoms with E-state index in [0.717, 1.165) is 12.8 Å². The number of benzene rings is 1. The second kappa shape index (κ2) is 7.82. The van der Waals surface area contributed by atoms with Crippen LogP contribution in [0.5, 0.6) is 0 Å². The van der Waals surface area contributed by atoms with Crippen LogP contribution in [0.2, 0.25) is 0 Å². The van der Waals surface area contributed by atoms with Gasteiger partial charge in [-0.05, 0) is 31.2 Å². The number of hydrazine groups is 1. The zero-order chi connectivity index (χ0) is 17.9. The first-order valence-electron chi connectivity index (χ1n) is 8.73. The molecule has 25 heavy (non-hydrogen) atoms. The molecule has 2 saturated heterocycles. The van der Waals surface area contributed by atoms with Gasteiger partial charge in [-0.2, -0.15) is 0 Å². The second-order valence-electron chi connectivity index (χ2n) is 6.43. The largest absolute Gasteiger partial charge is 0.466 e. The summed E-state index contributed by atoms with van der Waals surface area (Å²) in [6.45, 7) is 3.14. The molecule has 2 aliphatic heterocycles. The van der Waals surface area contributed by atoms with E-state index >= 15 is 0 Å². The van der Waals surface area contributed by atoms with E-state index in [-0.39, 0.29) is 13.2 Å². The summed E-state index contributed by atoms with van der Waals surface area (Å²) in [6.07, 6.45) is 1.57. The monoisotopic (exact) mass is 367 g/mol. The first-order chi connectivity index (χ1) is 12.0. The summed E-state index contributed by atoms with van der Waals surface area (Å²) in [5.74, 6) is -0.826. The van der Waals surface area contributed by atoms with E-state index in [1.54, 1.807) is 6.92 Å². The van der Waals surface area contributed by atoms with Gasteiger partial charge in [0.1, 0.15) is 5.92 Å². The molecule has 1 aromatic carbocycles. The van der Waals surface area contributed by atoms with Gasteiger partial charge < -0.3 is 4.74 Å². The molecule has 3 rings (SSSR count). The highest BCUT2D eigenvalue weighted by atomic mass is 32.2. The average molecular weight is 367 g/mol. The van der Waals surface area contributed by atoms with Crippen molar-refractivity contribution >= 4 is 16.0 Å². The number of nitrogens with zero attached hydrogens (tertiary/aromatic N) is 1. The number of esters is 1. The van der Waals surface area contributed by atoms with Crippen molar-refractivity contribution in [2.75, 3.05) is 26.2 Å². The lowest BCUT2D eigenvalue weighted by Gasteiger charge is -2.33. The maximum Gasteiger partial charge on any atom is 0.313 e. The van der Waals surface area contributed by atoms with Crippen molar-refractivity contribution in [1.82, 2.24) is 15.2 Å². The van der Waals surface area contributed by atoms with Crippen molar-refractivity contribution in [3.63, 3.8) is 0 Å².